The molecule has 0 saturated heterocycles. The number of rotatable bonds is 4. The van der Waals surface area contributed by atoms with Crippen LogP contribution in [0.2, 0.25) is 0 Å². The molecule has 0 radical (unpaired) electrons. The Bertz CT molecular complexity index is 1150. The standard InChI is InChI=1S/C27H28N2/c1-18-15-19(2)27(20(3)16-18)28-17-25-22-10-7-6-9-21(22)13-14-23(25)24-11-8-12-26(24)29(4)5/h6-10,12-17H,11H2,1-5H3. The van der Waals surface area contributed by atoms with Crippen molar-refractivity contribution in [2.45, 2.75) is 27.2 Å². The molecule has 0 heterocycles. The zero-order chi connectivity index (χ0) is 20.5. The Morgan fingerprint density at radius 2 is 1.66 bits per heavy atom. The first-order chi connectivity index (χ1) is 14.0. The van der Waals surface area contributed by atoms with Crippen LogP contribution in [0.1, 0.15) is 34.2 Å². The summed E-state index contributed by atoms with van der Waals surface area (Å²) in [5.41, 5.74) is 9.89. The van der Waals surface area contributed by atoms with Crippen LogP contribution in [0.4, 0.5) is 5.69 Å². The number of nitrogens with zero attached hydrogens (tertiary/aromatic N) is 2. The largest absolute Gasteiger partial charge is 0.377 e. The molecule has 0 fully saturated rings. The topological polar surface area (TPSA) is 15.6 Å². The fourth-order valence-corrected chi connectivity index (χ4v) is 4.36. The van der Waals surface area contributed by atoms with Gasteiger partial charge in [-0.05, 0) is 66.3 Å². The molecule has 0 aromatic heterocycles. The summed E-state index contributed by atoms with van der Waals surface area (Å²) in [6.07, 6.45) is 7.49. The normalized spacial score (nSPS) is 13.8. The van der Waals surface area contributed by atoms with Crippen LogP contribution in [-0.4, -0.2) is 25.2 Å². The molecular formula is C27H28N2. The molecule has 1 aliphatic rings. The Hall–Kier alpha value is -3.13. The summed E-state index contributed by atoms with van der Waals surface area (Å²) >= 11 is 0. The van der Waals surface area contributed by atoms with Gasteiger partial charge in [-0.15, -0.1) is 0 Å². The van der Waals surface area contributed by atoms with Crippen molar-refractivity contribution in [3.8, 4) is 0 Å². The molecule has 2 nitrogen and oxygen atoms in total. The summed E-state index contributed by atoms with van der Waals surface area (Å²) in [6.45, 7) is 6.42. The molecule has 2 heteroatoms. The minimum absolute atomic E-state index is 0.954. The number of hydrogen-bond acceptors (Lipinski definition) is 2. The van der Waals surface area contributed by atoms with Gasteiger partial charge in [0.05, 0.1) is 5.69 Å². The van der Waals surface area contributed by atoms with Crippen molar-refractivity contribution in [3.05, 3.63) is 94.2 Å². The van der Waals surface area contributed by atoms with E-state index in [0.717, 1.165) is 12.1 Å². The maximum Gasteiger partial charge on any atom is 0.0688 e. The maximum atomic E-state index is 4.99. The van der Waals surface area contributed by atoms with E-state index in [2.05, 4.69) is 107 Å². The van der Waals surface area contributed by atoms with Gasteiger partial charge in [-0.2, -0.15) is 0 Å². The fourth-order valence-electron chi connectivity index (χ4n) is 4.36. The van der Waals surface area contributed by atoms with Gasteiger partial charge in [-0.25, -0.2) is 0 Å². The predicted octanol–water partition coefficient (Wildman–Crippen LogP) is 6.75. The fraction of sp³-hybridized carbons (Fsp3) is 0.222. The van der Waals surface area contributed by atoms with E-state index < -0.39 is 0 Å². The average Bonchev–Trinajstić information content (AvgIpc) is 3.17. The summed E-state index contributed by atoms with van der Waals surface area (Å²) in [7, 11) is 4.22. The minimum atomic E-state index is 0.954. The van der Waals surface area contributed by atoms with E-state index in [1.165, 1.54) is 49.9 Å². The van der Waals surface area contributed by atoms with Gasteiger partial charge in [0.1, 0.15) is 0 Å². The van der Waals surface area contributed by atoms with Gasteiger partial charge in [-0.3, -0.25) is 4.99 Å². The maximum absolute atomic E-state index is 4.99. The van der Waals surface area contributed by atoms with Gasteiger partial charge < -0.3 is 4.90 Å². The third-order valence-corrected chi connectivity index (χ3v) is 5.64. The highest BCUT2D eigenvalue weighted by atomic mass is 15.1. The lowest BCUT2D eigenvalue weighted by molar-refractivity contribution is 0.533. The van der Waals surface area contributed by atoms with E-state index in [1.807, 2.05) is 0 Å². The molecule has 4 rings (SSSR count). The Labute approximate surface area is 173 Å². The molecule has 0 spiro atoms. The van der Waals surface area contributed by atoms with E-state index >= 15 is 0 Å². The average molecular weight is 381 g/mol. The van der Waals surface area contributed by atoms with E-state index in [1.54, 1.807) is 0 Å². The highest BCUT2D eigenvalue weighted by Gasteiger charge is 2.17. The van der Waals surface area contributed by atoms with Crippen molar-refractivity contribution in [1.82, 2.24) is 4.90 Å². The Kier molecular flexibility index (Phi) is 5.10. The number of hydrogen-bond donors (Lipinski definition) is 0. The zero-order valence-corrected chi connectivity index (χ0v) is 18.0. The van der Waals surface area contributed by atoms with Crippen LogP contribution in [-0.2, 0) is 0 Å². The minimum Gasteiger partial charge on any atom is -0.377 e. The van der Waals surface area contributed by atoms with Gasteiger partial charge >= 0.3 is 0 Å². The molecule has 0 N–H and O–H groups in total. The second-order valence-electron chi connectivity index (χ2n) is 8.12. The molecule has 0 aliphatic heterocycles. The lowest BCUT2D eigenvalue weighted by Gasteiger charge is -2.18. The van der Waals surface area contributed by atoms with Crippen LogP contribution < -0.4 is 0 Å². The van der Waals surface area contributed by atoms with Crippen LogP contribution in [0.25, 0.3) is 16.3 Å². The molecule has 3 aromatic carbocycles. The molecule has 146 valence electrons. The molecule has 0 amide bonds. The SMILES string of the molecule is Cc1cc(C)c(N=Cc2c(C3=C(N(C)C)C=CC3)ccc3ccccc23)c(C)c1. The Morgan fingerprint density at radius 3 is 2.38 bits per heavy atom. The third-order valence-electron chi connectivity index (χ3n) is 5.64. The second-order valence-corrected chi connectivity index (χ2v) is 8.12. The molecule has 0 atom stereocenters. The van der Waals surface area contributed by atoms with E-state index in [4.69, 9.17) is 4.99 Å². The summed E-state index contributed by atoms with van der Waals surface area (Å²) in [4.78, 5) is 7.18. The molecule has 1 aliphatic carbocycles. The van der Waals surface area contributed by atoms with Crippen LogP contribution in [0, 0.1) is 20.8 Å². The van der Waals surface area contributed by atoms with Gasteiger partial charge in [0.15, 0.2) is 0 Å². The lowest BCUT2D eigenvalue weighted by Crippen LogP contribution is -2.10. The third kappa shape index (κ3) is 3.63. The summed E-state index contributed by atoms with van der Waals surface area (Å²) < 4.78 is 0. The van der Waals surface area contributed by atoms with Crippen molar-refractivity contribution in [2.75, 3.05) is 14.1 Å². The molecular weight excluding hydrogens is 352 g/mol. The second kappa shape index (κ2) is 7.71. The molecule has 0 saturated carbocycles. The lowest BCUT2D eigenvalue weighted by atomic mass is 9.93. The number of benzene rings is 3. The number of likely N-dealkylation sites (N-methyl/N-ethyl adjacent to an activating group) is 1. The van der Waals surface area contributed by atoms with Crippen LogP contribution in [0.15, 0.2) is 71.4 Å². The van der Waals surface area contributed by atoms with Crippen molar-refractivity contribution in [1.29, 1.82) is 0 Å². The van der Waals surface area contributed by atoms with Crippen molar-refractivity contribution in [3.63, 3.8) is 0 Å². The van der Waals surface area contributed by atoms with Gasteiger partial charge in [0, 0.05) is 31.6 Å². The van der Waals surface area contributed by atoms with Crippen LogP contribution >= 0.6 is 0 Å². The molecule has 0 unspecified atom stereocenters. The van der Waals surface area contributed by atoms with Crippen molar-refractivity contribution >= 4 is 28.2 Å². The van der Waals surface area contributed by atoms with Crippen LogP contribution in [0.3, 0.4) is 0 Å². The predicted molar refractivity (Wildman–Crippen MR) is 126 cm³/mol. The Morgan fingerprint density at radius 1 is 0.931 bits per heavy atom. The summed E-state index contributed by atoms with van der Waals surface area (Å²) in [6, 6.07) is 17.5. The van der Waals surface area contributed by atoms with E-state index in [9.17, 15) is 0 Å². The molecule has 0 bridgehead atoms. The monoisotopic (exact) mass is 380 g/mol. The molecule has 3 aromatic rings. The highest BCUT2D eigenvalue weighted by Crippen LogP contribution is 2.35. The summed E-state index contributed by atoms with van der Waals surface area (Å²) in [5, 5.41) is 2.49. The highest BCUT2D eigenvalue weighted by molar-refractivity contribution is 6.05. The van der Waals surface area contributed by atoms with Crippen molar-refractivity contribution < 1.29 is 0 Å². The van der Waals surface area contributed by atoms with E-state index in [-0.39, 0.29) is 0 Å². The van der Waals surface area contributed by atoms with Crippen molar-refractivity contribution in [2.24, 2.45) is 4.99 Å². The summed E-state index contributed by atoms with van der Waals surface area (Å²) in [5.74, 6) is 0. The number of allylic oxidation sites excluding steroid dienone is 3. The zero-order valence-electron chi connectivity index (χ0n) is 18.0. The first-order valence-electron chi connectivity index (χ1n) is 10.2. The number of fused-ring (bicyclic) bond motifs is 1. The first kappa shape index (κ1) is 19.2. The first-order valence-corrected chi connectivity index (χ1v) is 10.2. The van der Waals surface area contributed by atoms with Gasteiger partial charge in [0.25, 0.3) is 0 Å². The number of aliphatic imine (C=N–C) groups is 1. The van der Waals surface area contributed by atoms with Gasteiger partial charge in [-0.1, -0.05) is 60.2 Å². The van der Waals surface area contributed by atoms with Crippen LogP contribution in [0.5, 0.6) is 0 Å². The van der Waals surface area contributed by atoms with E-state index in [0.29, 0.717) is 0 Å². The quantitative estimate of drug-likeness (QED) is 0.457. The number of aryl methyl sites for hydroxylation is 3. The molecule has 29 heavy (non-hydrogen) atoms. The van der Waals surface area contributed by atoms with Gasteiger partial charge in [0.2, 0.25) is 0 Å². The Balaban J connectivity index is 1.93. The smallest absolute Gasteiger partial charge is 0.0688 e.